The number of carbonyl (C=O) groups is 2. The lowest BCUT2D eigenvalue weighted by Gasteiger charge is -2.08. The van der Waals surface area contributed by atoms with Gasteiger partial charge < -0.3 is 15.6 Å². The summed E-state index contributed by atoms with van der Waals surface area (Å²) in [5.74, 6) is 0.684. The number of nitrogens with zero attached hydrogens (tertiary/aromatic N) is 1. The lowest BCUT2D eigenvalue weighted by Crippen LogP contribution is -2.17. The molecular formula is C27H28N4O2. The first-order valence-electron chi connectivity index (χ1n) is 11.1. The number of rotatable bonds is 7. The van der Waals surface area contributed by atoms with Crippen LogP contribution in [-0.4, -0.2) is 21.8 Å². The van der Waals surface area contributed by atoms with E-state index in [2.05, 4.69) is 20.6 Å². The van der Waals surface area contributed by atoms with Gasteiger partial charge in [0.15, 0.2) is 0 Å². The third-order valence-electron chi connectivity index (χ3n) is 5.50. The van der Waals surface area contributed by atoms with Gasteiger partial charge in [-0.15, -0.1) is 0 Å². The maximum absolute atomic E-state index is 12.6. The maximum atomic E-state index is 12.6. The van der Waals surface area contributed by atoms with Crippen LogP contribution in [0.25, 0.3) is 11.0 Å². The van der Waals surface area contributed by atoms with E-state index in [1.807, 2.05) is 81.4 Å². The third kappa shape index (κ3) is 5.66. The molecular weight excluding hydrogens is 412 g/mol. The minimum Gasteiger partial charge on any atom is -0.342 e. The van der Waals surface area contributed by atoms with Gasteiger partial charge in [-0.25, -0.2) is 4.98 Å². The van der Waals surface area contributed by atoms with Crippen molar-refractivity contribution in [2.24, 2.45) is 5.92 Å². The zero-order valence-corrected chi connectivity index (χ0v) is 19.1. The summed E-state index contributed by atoms with van der Waals surface area (Å²) >= 11 is 0. The molecule has 0 spiro atoms. The molecule has 0 saturated carbocycles. The van der Waals surface area contributed by atoms with E-state index >= 15 is 0 Å². The summed E-state index contributed by atoms with van der Waals surface area (Å²) in [6, 6.07) is 21.1. The first-order valence-corrected chi connectivity index (χ1v) is 11.1. The number of anilines is 2. The van der Waals surface area contributed by atoms with Crippen molar-refractivity contribution in [3.8, 4) is 0 Å². The average molecular weight is 441 g/mol. The van der Waals surface area contributed by atoms with Crippen LogP contribution in [0.15, 0.2) is 66.7 Å². The van der Waals surface area contributed by atoms with Crippen molar-refractivity contribution in [3.63, 3.8) is 0 Å². The predicted octanol–water partition coefficient (Wildman–Crippen LogP) is 5.50. The number of imidazole rings is 1. The van der Waals surface area contributed by atoms with E-state index in [4.69, 9.17) is 0 Å². The summed E-state index contributed by atoms with van der Waals surface area (Å²) in [5.41, 5.74) is 6.14. The molecule has 3 N–H and O–H groups in total. The second-order valence-corrected chi connectivity index (χ2v) is 8.58. The van der Waals surface area contributed by atoms with Crippen molar-refractivity contribution in [3.05, 3.63) is 89.2 Å². The lowest BCUT2D eigenvalue weighted by atomic mass is 10.1. The molecule has 6 heteroatoms. The number of carbonyl (C=O) groups excluding carboxylic acids is 2. The fraction of sp³-hybridized carbons (Fsp3) is 0.222. The predicted molar refractivity (Wildman–Crippen MR) is 133 cm³/mol. The van der Waals surface area contributed by atoms with Gasteiger partial charge in [-0.1, -0.05) is 43.7 Å². The molecule has 6 nitrogen and oxygen atoms in total. The Morgan fingerprint density at radius 2 is 1.55 bits per heavy atom. The Kier molecular flexibility index (Phi) is 6.54. The average Bonchev–Trinajstić information content (AvgIpc) is 3.22. The van der Waals surface area contributed by atoms with Gasteiger partial charge in [0.1, 0.15) is 5.82 Å². The van der Waals surface area contributed by atoms with Crippen molar-refractivity contribution in [1.29, 1.82) is 0 Å². The molecule has 0 atom stereocenters. The van der Waals surface area contributed by atoms with E-state index in [0.29, 0.717) is 5.56 Å². The van der Waals surface area contributed by atoms with Crippen LogP contribution in [0.4, 0.5) is 11.4 Å². The number of aromatic amines is 1. The molecule has 4 rings (SSSR count). The van der Waals surface area contributed by atoms with Gasteiger partial charge in [-0.3, -0.25) is 9.59 Å². The number of amides is 2. The fourth-order valence-electron chi connectivity index (χ4n) is 3.47. The normalized spacial score (nSPS) is 11.0. The second kappa shape index (κ2) is 9.69. The topological polar surface area (TPSA) is 86.9 Å². The van der Waals surface area contributed by atoms with Gasteiger partial charge in [-0.2, -0.15) is 0 Å². The molecule has 0 saturated heterocycles. The number of fused-ring (bicyclic) bond motifs is 1. The monoisotopic (exact) mass is 440 g/mol. The summed E-state index contributed by atoms with van der Waals surface area (Å²) in [6.45, 7) is 5.75. The van der Waals surface area contributed by atoms with Gasteiger partial charge in [0.2, 0.25) is 5.91 Å². The molecule has 0 radical (unpaired) electrons. The van der Waals surface area contributed by atoms with Gasteiger partial charge in [-0.05, 0) is 61.4 Å². The molecule has 0 bridgehead atoms. The molecule has 4 aromatic rings. The first-order chi connectivity index (χ1) is 15.9. The van der Waals surface area contributed by atoms with E-state index < -0.39 is 0 Å². The number of nitrogens with one attached hydrogen (secondary N) is 3. The van der Waals surface area contributed by atoms with E-state index in [1.165, 1.54) is 0 Å². The minimum absolute atomic E-state index is 0.0111. The van der Waals surface area contributed by atoms with Crippen LogP contribution < -0.4 is 10.6 Å². The van der Waals surface area contributed by atoms with Crippen molar-refractivity contribution in [1.82, 2.24) is 9.97 Å². The Morgan fingerprint density at radius 3 is 2.24 bits per heavy atom. The Hall–Kier alpha value is -3.93. The smallest absolute Gasteiger partial charge is 0.255 e. The number of H-pyrrole nitrogens is 1. The summed E-state index contributed by atoms with van der Waals surface area (Å²) < 4.78 is 0. The number of benzene rings is 3. The highest BCUT2D eigenvalue weighted by Crippen LogP contribution is 2.18. The van der Waals surface area contributed by atoms with Crippen LogP contribution in [0.1, 0.15) is 41.2 Å². The van der Waals surface area contributed by atoms with Crippen LogP contribution >= 0.6 is 0 Å². The molecule has 1 aromatic heterocycles. The third-order valence-corrected chi connectivity index (χ3v) is 5.50. The van der Waals surface area contributed by atoms with E-state index in [0.717, 1.165) is 52.2 Å². The lowest BCUT2D eigenvalue weighted by molar-refractivity contribution is -0.118. The molecule has 168 valence electrons. The van der Waals surface area contributed by atoms with Gasteiger partial charge in [0.05, 0.1) is 11.0 Å². The molecule has 0 aliphatic carbocycles. The van der Waals surface area contributed by atoms with Crippen molar-refractivity contribution in [2.75, 3.05) is 10.6 Å². The molecule has 1 heterocycles. The number of hydrogen-bond donors (Lipinski definition) is 3. The number of aromatic nitrogens is 2. The number of hydrogen-bond acceptors (Lipinski definition) is 3. The summed E-state index contributed by atoms with van der Waals surface area (Å²) in [5, 5.41) is 5.83. The largest absolute Gasteiger partial charge is 0.342 e. The molecule has 2 amide bonds. The molecule has 33 heavy (non-hydrogen) atoms. The molecule has 0 unspecified atom stereocenters. The van der Waals surface area contributed by atoms with E-state index in [9.17, 15) is 9.59 Å². The Morgan fingerprint density at radius 1 is 0.879 bits per heavy atom. The molecule has 0 aliphatic heterocycles. The van der Waals surface area contributed by atoms with E-state index in [1.54, 1.807) is 6.07 Å². The zero-order valence-electron chi connectivity index (χ0n) is 19.1. The molecule has 0 fully saturated rings. The highest BCUT2D eigenvalue weighted by Gasteiger charge is 2.10. The van der Waals surface area contributed by atoms with Gasteiger partial charge in [0, 0.05) is 29.3 Å². The quantitative estimate of drug-likeness (QED) is 0.354. The first kappa shape index (κ1) is 22.3. The van der Waals surface area contributed by atoms with Crippen LogP contribution in [-0.2, 0) is 17.6 Å². The minimum atomic E-state index is -0.151. The fourth-order valence-corrected chi connectivity index (χ4v) is 3.47. The number of aryl methyl sites for hydroxylation is 3. The molecule has 3 aromatic carbocycles. The highest BCUT2D eigenvalue weighted by molar-refractivity contribution is 6.05. The van der Waals surface area contributed by atoms with Crippen molar-refractivity contribution < 1.29 is 9.59 Å². The molecule has 0 aliphatic rings. The summed E-state index contributed by atoms with van der Waals surface area (Å²) in [4.78, 5) is 32.4. The Labute approximate surface area is 193 Å². The van der Waals surface area contributed by atoms with Crippen molar-refractivity contribution in [2.45, 2.75) is 33.6 Å². The van der Waals surface area contributed by atoms with Gasteiger partial charge >= 0.3 is 0 Å². The van der Waals surface area contributed by atoms with Crippen LogP contribution in [0.5, 0.6) is 0 Å². The van der Waals surface area contributed by atoms with Crippen LogP contribution in [0.3, 0.4) is 0 Å². The summed E-state index contributed by atoms with van der Waals surface area (Å²) in [6.07, 6.45) is 1.57. The SMILES string of the molecule is Cc1ccc(NC(=O)c2ccc3nc(CCc4ccc(NC(=O)C(C)C)cc4)[nH]c3c2)cc1. The van der Waals surface area contributed by atoms with Crippen molar-refractivity contribution >= 4 is 34.2 Å². The zero-order chi connectivity index (χ0) is 23.4. The van der Waals surface area contributed by atoms with E-state index in [-0.39, 0.29) is 17.7 Å². The van der Waals surface area contributed by atoms with Crippen LogP contribution in [0, 0.1) is 12.8 Å². The Balaban J connectivity index is 1.38. The highest BCUT2D eigenvalue weighted by atomic mass is 16.2. The second-order valence-electron chi connectivity index (χ2n) is 8.58. The van der Waals surface area contributed by atoms with Gasteiger partial charge in [0.25, 0.3) is 5.91 Å². The van der Waals surface area contributed by atoms with Crippen LogP contribution in [0.2, 0.25) is 0 Å². The maximum Gasteiger partial charge on any atom is 0.255 e. The standard InChI is InChI=1S/C27H28N4O2/c1-17(2)26(32)28-22-12-6-19(7-13-22)8-15-25-30-23-14-9-20(16-24(23)31-25)27(33)29-21-10-4-18(3)5-11-21/h4-7,9-14,16-17H,8,15H2,1-3H3,(H,28,32)(H,29,33)(H,30,31). The summed E-state index contributed by atoms with van der Waals surface area (Å²) in [7, 11) is 0. The Bertz CT molecular complexity index is 1270.